The van der Waals surface area contributed by atoms with E-state index in [0.29, 0.717) is 6.54 Å². The lowest BCUT2D eigenvalue weighted by Crippen LogP contribution is -2.31. The highest BCUT2D eigenvalue weighted by atomic mass is 19.2. The van der Waals surface area contributed by atoms with Crippen LogP contribution in [0.1, 0.15) is 25.5 Å². The third kappa shape index (κ3) is 3.78. The number of nitrogens with one attached hydrogen (secondary N) is 1. The van der Waals surface area contributed by atoms with Crippen molar-refractivity contribution in [3.05, 3.63) is 35.4 Å². The smallest absolute Gasteiger partial charge is 0.325 e. The van der Waals surface area contributed by atoms with Gasteiger partial charge in [-0.2, -0.15) is 0 Å². The van der Waals surface area contributed by atoms with E-state index in [-0.39, 0.29) is 11.5 Å². The van der Waals surface area contributed by atoms with E-state index in [1.54, 1.807) is 0 Å². The van der Waals surface area contributed by atoms with Crippen molar-refractivity contribution in [1.29, 1.82) is 0 Å². The molecule has 0 saturated heterocycles. The third-order valence-corrected chi connectivity index (χ3v) is 2.25. The Labute approximate surface area is 98.5 Å². The molecule has 0 fully saturated rings. The quantitative estimate of drug-likeness (QED) is 0.834. The van der Waals surface area contributed by atoms with Gasteiger partial charge in [0, 0.05) is 0 Å². The molecule has 17 heavy (non-hydrogen) atoms. The Kier molecular flexibility index (Phi) is 4.57. The lowest BCUT2D eigenvalue weighted by Gasteiger charge is -2.16. The van der Waals surface area contributed by atoms with Crippen molar-refractivity contribution >= 4 is 5.97 Å². The minimum atomic E-state index is -1.11. The molecule has 94 valence electrons. The van der Waals surface area contributed by atoms with Gasteiger partial charge in [0.1, 0.15) is 6.04 Å². The summed E-state index contributed by atoms with van der Waals surface area (Å²) < 4.78 is 25.7. The van der Waals surface area contributed by atoms with E-state index in [1.165, 1.54) is 6.07 Å². The molecule has 0 aliphatic rings. The second kappa shape index (κ2) is 5.72. The summed E-state index contributed by atoms with van der Waals surface area (Å²) in [4.78, 5) is 11.0. The first kappa shape index (κ1) is 13.6. The predicted octanol–water partition coefficient (Wildman–Crippen LogP) is 2.34. The summed E-state index contributed by atoms with van der Waals surface area (Å²) >= 11 is 0. The number of halogens is 2. The third-order valence-electron chi connectivity index (χ3n) is 2.25. The Morgan fingerprint density at radius 3 is 2.47 bits per heavy atom. The molecule has 0 spiro atoms. The van der Waals surface area contributed by atoms with Gasteiger partial charge in [0.25, 0.3) is 0 Å². The lowest BCUT2D eigenvalue weighted by molar-refractivity contribution is -0.139. The largest absolute Gasteiger partial charge is 0.480 e. The molecule has 0 bridgehead atoms. The van der Waals surface area contributed by atoms with Gasteiger partial charge in [0.15, 0.2) is 11.6 Å². The molecule has 2 N–H and O–H groups in total. The SMILES string of the molecule is CC(C)CNC(C(=O)O)c1ccc(F)c(F)c1. The summed E-state index contributed by atoms with van der Waals surface area (Å²) in [5, 5.41) is 11.8. The van der Waals surface area contributed by atoms with Gasteiger partial charge in [-0.05, 0) is 30.2 Å². The highest BCUT2D eigenvalue weighted by molar-refractivity contribution is 5.75. The molecular weight excluding hydrogens is 228 g/mol. The van der Waals surface area contributed by atoms with E-state index in [2.05, 4.69) is 5.32 Å². The minimum absolute atomic E-state index is 0.206. The average Bonchev–Trinajstić information content (AvgIpc) is 2.22. The van der Waals surface area contributed by atoms with Crippen molar-refractivity contribution in [3.63, 3.8) is 0 Å². The Balaban J connectivity index is 2.89. The van der Waals surface area contributed by atoms with Gasteiger partial charge in [-0.25, -0.2) is 8.78 Å². The van der Waals surface area contributed by atoms with Crippen molar-refractivity contribution < 1.29 is 18.7 Å². The predicted molar refractivity (Wildman–Crippen MR) is 59.6 cm³/mol. The second-order valence-corrected chi connectivity index (χ2v) is 4.25. The van der Waals surface area contributed by atoms with Crippen molar-refractivity contribution in [2.45, 2.75) is 19.9 Å². The van der Waals surface area contributed by atoms with Crippen LogP contribution in [0.2, 0.25) is 0 Å². The van der Waals surface area contributed by atoms with Crippen LogP contribution in [0.5, 0.6) is 0 Å². The molecular formula is C12H15F2NO2. The first-order valence-electron chi connectivity index (χ1n) is 5.33. The van der Waals surface area contributed by atoms with Crippen LogP contribution in [0.25, 0.3) is 0 Å². The van der Waals surface area contributed by atoms with Gasteiger partial charge in [0.2, 0.25) is 0 Å². The van der Waals surface area contributed by atoms with Crippen LogP contribution in [-0.4, -0.2) is 17.6 Å². The molecule has 1 unspecified atom stereocenters. The van der Waals surface area contributed by atoms with Gasteiger partial charge >= 0.3 is 5.97 Å². The van der Waals surface area contributed by atoms with Crippen molar-refractivity contribution in [2.75, 3.05) is 6.54 Å². The lowest BCUT2D eigenvalue weighted by atomic mass is 10.1. The topological polar surface area (TPSA) is 49.3 Å². The average molecular weight is 243 g/mol. The molecule has 3 nitrogen and oxygen atoms in total. The number of rotatable bonds is 5. The number of hydrogen-bond acceptors (Lipinski definition) is 2. The molecule has 0 aliphatic carbocycles. The molecule has 0 radical (unpaired) electrons. The monoisotopic (exact) mass is 243 g/mol. The molecule has 1 rings (SSSR count). The zero-order valence-corrected chi connectivity index (χ0v) is 9.71. The highest BCUT2D eigenvalue weighted by Gasteiger charge is 2.20. The van der Waals surface area contributed by atoms with Crippen molar-refractivity contribution in [3.8, 4) is 0 Å². The van der Waals surface area contributed by atoms with Crippen LogP contribution in [0.15, 0.2) is 18.2 Å². The van der Waals surface area contributed by atoms with Crippen LogP contribution in [-0.2, 0) is 4.79 Å². The number of carboxylic acids is 1. The number of carbonyl (C=O) groups is 1. The summed E-state index contributed by atoms with van der Waals surface area (Å²) in [5.74, 6) is -2.87. The summed E-state index contributed by atoms with van der Waals surface area (Å²) in [6.07, 6.45) is 0. The fourth-order valence-corrected chi connectivity index (χ4v) is 1.39. The van der Waals surface area contributed by atoms with Gasteiger partial charge in [-0.3, -0.25) is 4.79 Å². The molecule has 0 heterocycles. The van der Waals surface area contributed by atoms with Crippen LogP contribution >= 0.6 is 0 Å². The van der Waals surface area contributed by atoms with E-state index < -0.39 is 23.6 Å². The van der Waals surface area contributed by atoms with E-state index in [1.807, 2.05) is 13.8 Å². The van der Waals surface area contributed by atoms with Gasteiger partial charge < -0.3 is 10.4 Å². The van der Waals surface area contributed by atoms with E-state index in [9.17, 15) is 13.6 Å². The molecule has 0 amide bonds. The second-order valence-electron chi connectivity index (χ2n) is 4.25. The Morgan fingerprint density at radius 2 is 2.00 bits per heavy atom. The zero-order chi connectivity index (χ0) is 13.0. The van der Waals surface area contributed by atoms with Crippen molar-refractivity contribution in [1.82, 2.24) is 5.32 Å². The molecule has 0 aliphatic heterocycles. The minimum Gasteiger partial charge on any atom is -0.480 e. The number of benzene rings is 1. The Morgan fingerprint density at radius 1 is 1.35 bits per heavy atom. The maximum Gasteiger partial charge on any atom is 0.325 e. The van der Waals surface area contributed by atoms with Gasteiger partial charge in [-0.1, -0.05) is 19.9 Å². The maximum absolute atomic E-state index is 13.0. The number of hydrogen-bond donors (Lipinski definition) is 2. The Bertz CT molecular complexity index is 407. The fraction of sp³-hybridized carbons (Fsp3) is 0.417. The number of carboxylic acid groups (broad SMARTS) is 1. The molecule has 1 aromatic carbocycles. The van der Waals surface area contributed by atoms with Crippen LogP contribution in [0.4, 0.5) is 8.78 Å². The molecule has 1 atom stereocenters. The first-order chi connectivity index (χ1) is 7.91. The fourth-order valence-electron chi connectivity index (χ4n) is 1.39. The van der Waals surface area contributed by atoms with E-state index in [0.717, 1.165) is 12.1 Å². The van der Waals surface area contributed by atoms with Crippen LogP contribution < -0.4 is 5.32 Å². The molecule has 0 saturated carbocycles. The van der Waals surface area contributed by atoms with Gasteiger partial charge in [-0.15, -0.1) is 0 Å². The van der Waals surface area contributed by atoms with Crippen LogP contribution in [0, 0.1) is 17.6 Å². The van der Waals surface area contributed by atoms with E-state index in [4.69, 9.17) is 5.11 Å². The molecule has 1 aromatic rings. The number of aliphatic carboxylic acids is 1. The molecule has 0 aromatic heterocycles. The maximum atomic E-state index is 13.0. The summed E-state index contributed by atoms with van der Waals surface area (Å²) in [6.45, 7) is 4.34. The summed E-state index contributed by atoms with van der Waals surface area (Å²) in [7, 11) is 0. The first-order valence-corrected chi connectivity index (χ1v) is 5.33. The van der Waals surface area contributed by atoms with Gasteiger partial charge in [0.05, 0.1) is 0 Å². The molecule has 5 heteroatoms. The standard InChI is InChI=1S/C12H15F2NO2/c1-7(2)6-15-11(12(16)17)8-3-4-9(13)10(14)5-8/h3-5,7,11,15H,6H2,1-2H3,(H,16,17). The normalized spacial score (nSPS) is 12.8. The van der Waals surface area contributed by atoms with Crippen molar-refractivity contribution in [2.24, 2.45) is 5.92 Å². The summed E-state index contributed by atoms with van der Waals surface area (Å²) in [6, 6.07) is 2.08. The summed E-state index contributed by atoms with van der Waals surface area (Å²) in [5.41, 5.74) is 0.206. The van der Waals surface area contributed by atoms with Crippen LogP contribution in [0.3, 0.4) is 0 Å². The highest BCUT2D eigenvalue weighted by Crippen LogP contribution is 2.17. The van der Waals surface area contributed by atoms with E-state index >= 15 is 0 Å². The zero-order valence-electron chi connectivity index (χ0n) is 9.71. The Hall–Kier alpha value is -1.49.